The van der Waals surface area contributed by atoms with E-state index in [0.29, 0.717) is 6.04 Å². The third kappa shape index (κ3) is 4.18. The zero-order valence-electron chi connectivity index (χ0n) is 11.8. The first-order valence-corrected chi connectivity index (χ1v) is 6.90. The zero-order chi connectivity index (χ0) is 13.5. The lowest BCUT2D eigenvalue weighted by molar-refractivity contribution is 0.519. The van der Waals surface area contributed by atoms with Crippen LogP contribution in [0.15, 0.2) is 48.8 Å². The largest absolute Gasteiger partial charge is 0.317 e. The number of aryl methyl sites for hydroxylation is 2. The number of rotatable bonds is 6. The van der Waals surface area contributed by atoms with Gasteiger partial charge < -0.3 is 5.32 Å². The van der Waals surface area contributed by atoms with E-state index in [-0.39, 0.29) is 0 Å². The number of nitrogens with one attached hydrogen (secondary N) is 1. The van der Waals surface area contributed by atoms with Gasteiger partial charge >= 0.3 is 0 Å². The third-order valence-electron chi connectivity index (χ3n) is 3.67. The van der Waals surface area contributed by atoms with Crippen LogP contribution in [-0.2, 0) is 12.8 Å². The molecule has 0 radical (unpaired) electrons. The topological polar surface area (TPSA) is 24.9 Å². The number of likely N-dealkylation sites (N-methyl/N-ethyl adjacent to an activating group) is 1. The minimum absolute atomic E-state index is 0.522. The summed E-state index contributed by atoms with van der Waals surface area (Å²) < 4.78 is 0. The maximum Gasteiger partial charge on any atom is 0.0270 e. The van der Waals surface area contributed by atoms with Crippen LogP contribution in [0.5, 0.6) is 0 Å². The van der Waals surface area contributed by atoms with Crippen LogP contribution in [0.3, 0.4) is 0 Å². The molecule has 2 aromatic rings. The molecule has 0 aliphatic rings. The second-order valence-electron chi connectivity index (χ2n) is 5.01. The van der Waals surface area contributed by atoms with E-state index in [0.717, 1.165) is 19.3 Å². The molecule has 0 fully saturated rings. The van der Waals surface area contributed by atoms with Gasteiger partial charge in [-0.25, -0.2) is 0 Å². The van der Waals surface area contributed by atoms with Crippen molar-refractivity contribution < 1.29 is 0 Å². The first kappa shape index (κ1) is 13.8. The monoisotopic (exact) mass is 254 g/mol. The van der Waals surface area contributed by atoms with Crippen molar-refractivity contribution in [3.63, 3.8) is 0 Å². The lowest BCUT2D eigenvalue weighted by Crippen LogP contribution is -2.28. The van der Waals surface area contributed by atoms with Gasteiger partial charge in [0.05, 0.1) is 0 Å². The normalized spacial score (nSPS) is 12.3. The molecule has 1 unspecified atom stereocenters. The molecule has 1 atom stereocenters. The summed E-state index contributed by atoms with van der Waals surface area (Å²) >= 11 is 0. The molecule has 0 bridgehead atoms. The van der Waals surface area contributed by atoms with Crippen molar-refractivity contribution in [1.82, 2.24) is 10.3 Å². The Bertz CT molecular complexity index is 494. The van der Waals surface area contributed by atoms with Crippen LogP contribution >= 0.6 is 0 Å². The Balaban J connectivity index is 1.92. The molecule has 0 saturated carbocycles. The smallest absolute Gasteiger partial charge is 0.0270 e. The van der Waals surface area contributed by atoms with E-state index >= 15 is 0 Å². The Kier molecular flexibility index (Phi) is 5.10. The molecule has 0 aliphatic heterocycles. The lowest BCUT2D eigenvalue weighted by Gasteiger charge is -2.17. The average Bonchev–Trinajstić information content (AvgIpc) is 2.46. The molecule has 1 aromatic carbocycles. The van der Waals surface area contributed by atoms with E-state index in [4.69, 9.17) is 0 Å². The summed E-state index contributed by atoms with van der Waals surface area (Å²) in [7, 11) is 2.05. The van der Waals surface area contributed by atoms with Crippen molar-refractivity contribution in [3.8, 4) is 0 Å². The number of hydrogen-bond acceptors (Lipinski definition) is 2. The van der Waals surface area contributed by atoms with Crippen LogP contribution < -0.4 is 5.32 Å². The van der Waals surface area contributed by atoms with Crippen LogP contribution in [0.2, 0.25) is 0 Å². The quantitative estimate of drug-likeness (QED) is 0.856. The minimum Gasteiger partial charge on any atom is -0.317 e. The molecule has 2 nitrogen and oxygen atoms in total. The molecule has 2 heteroatoms. The fourth-order valence-electron chi connectivity index (χ4n) is 2.34. The molecular weight excluding hydrogens is 232 g/mol. The number of benzene rings is 1. The first-order valence-electron chi connectivity index (χ1n) is 6.90. The fraction of sp³-hybridized carbons (Fsp3) is 0.353. The Hall–Kier alpha value is -1.67. The summed E-state index contributed by atoms with van der Waals surface area (Å²) in [6, 6.07) is 13.4. The summed E-state index contributed by atoms with van der Waals surface area (Å²) in [5.41, 5.74) is 4.18. The van der Waals surface area contributed by atoms with Crippen molar-refractivity contribution in [3.05, 3.63) is 65.5 Å². The molecule has 19 heavy (non-hydrogen) atoms. The maximum absolute atomic E-state index is 4.06. The van der Waals surface area contributed by atoms with Crippen molar-refractivity contribution in [2.24, 2.45) is 0 Å². The number of nitrogens with zero attached hydrogens (tertiary/aromatic N) is 1. The fourth-order valence-corrected chi connectivity index (χ4v) is 2.34. The van der Waals surface area contributed by atoms with Crippen LogP contribution in [0.1, 0.15) is 23.1 Å². The molecule has 0 amide bonds. The summed E-state index contributed by atoms with van der Waals surface area (Å²) in [6.45, 7) is 2.19. The highest BCUT2D eigenvalue weighted by molar-refractivity contribution is 5.26. The summed E-state index contributed by atoms with van der Waals surface area (Å²) in [4.78, 5) is 4.06. The van der Waals surface area contributed by atoms with Gasteiger partial charge in [-0.05, 0) is 62.1 Å². The Morgan fingerprint density at radius 2 is 1.84 bits per heavy atom. The zero-order valence-corrected chi connectivity index (χ0v) is 11.8. The van der Waals surface area contributed by atoms with Gasteiger partial charge in [0.1, 0.15) is 0 Å². The lowest BCUT2D eigenvalue weighted by atomic mass is 9.97. The van der Waals surface area contributed by atoms with E-state index in [1.165, 1.54) is 16.7 Å². The number of hydrogen-bond donors (Lipinski definition) is 1. The highest BCUT2D eigenvalue weighted by Gasteiger charge is 2.09. The van der Waals surface area contributed by atoms with Crippen molar-refractivity contribution in [2.75, 3.05) is 7.05 Å². The third-order valence-corrected chi connectivity index (χ3v) is 3.67. The van der Waals surface area contributed by atoms with Gasteiger partial charge in [-0.2, -0.15) is 0 Å². The Morgan fingerprint density at radius 1 is 1.11 bits per heavy atom. The summed E-state index contributed by atoms with van der Waals surface area (Å²) in [5, 5.41) is 3.43. The molecule has 0 spiro atoms. The second kappa shape index (κ2) is 7.05. The Labute approximate surface area is 115 Å². The molecule has 1 heterocycles. The van der Waals surface area contributed by atoms with Gasteiger partial charge in [-0.3, -0.25) is 4.98 Å². The summed E-state index contributed by atoms with van der Waals surface area (Å²) in [6.07, 6.45) is 7.07. The highest BCUT2D eigenvalue weighted by atomic mass is 14.9. The van der Waals surface area contributed by atoms with Crippen molar-refractivity contribution >= 4 is 0 Å². The van der Waals surface area contributed by atoms with Gasteiger partial charge in [-0.1, -0.05) is 24.3 Å². The van der Waals surface area contributed by atoms with Gasteiger partial charge in [0.15, 0.2) is 0 Å². The molecule has 2 rings (SSSR count). The number of aromatic nitrogens is 1. The molecule has 1 aromatic heterocycles. The van der Waals surface area contributed by atoms with Gasteiger partial charge in [-0.15, -0.1) is 0 Å². The van der Waals surface area contributed by atoms with Crippen LogP contribution in [0.25, 0.3) is 0 Å². The predicted octanol–water partition coefficient (Wildman–Crippen LogP) is 3.15. The van der Waals surface area contributed by atoms with E-state index in [1.807, 2.05) is 12.4 Å². The summed E-state index contributed by atoms with van der Waals surface area (Å²) in [5.74, 6) is 0. The average molecular weight is 254 g/mol. The first-order chi connectivity index (χ1) is 9.29. The van der Waals surface area contributed by atoms with Crippen molar-refractivity contribution in [2.45, 2.75) is 32.2 Å². The molecule has 1 N–H and O–H groups in total. The molecule has 0 saturated heterocycles. The van der Waals surface area contributed by atoms with Crippen LogP contribution in [0, 0.1) is 6.92 Å². The molecular formula is C17H22N2. The van der Waals surface area contributed by atoms with Crippen LogP contribution in [-0.4, -0.2) is 18.1 Å². The van der Waals surface area contributed by atoms with Crippen molar-refractivity contribution in [1.29, 1.82) is 0 Å². The van der Waals surface area contributed by atoms with Crippen LogP contribution in [0.4, 0.5) is 0 Å². The predicted molar refractivity (Wildman–Crippen MR) is 80.3 cm³/mol. The standard InChI is InChI=1S/C17H22N2/c1-14-5-3-4-6-16(14)13-17(18-2)8-7-15-9-11-19-12-10-15/h3-6,9-12,17-18H,7-8,13H2,1-2H3. The maximum atomic E-state index is 4.06. The van der Waals surface area contributed by atoms with E-state index in [2.05, 4.69) is 60.7 Å². The molecule has 100 valence electrons. The highest BCUT2D eigenvalue weighted by Crippen LogP contribution is 2.13. The molecule has 0 aliphatic carbocycles. The van der Waals surface area contributed by atoms with Gasteiger partial charge in [0, 0.05) is 18.4 Å². The number of pyridine rings is 1. The second-order valence-corrected chi connectivity index (χ2v) is 5.01. The Morgan fingerprint density at radius 3 is 2.53 bits per heavy atom. The van der Waals surface area contributed by atoms with E-state index in [1.54, 1.807) is 0 Å². The van der Waals surface area contributed by atoms with E-state index < -0.39 is 0 Å². The minimum atomic E-state index is 0.522. The van der Waals surface area contributed by atoms with E-state index in [9.17, 15) is 0 Å². The van der Waals surface area contributed by atoms with Gasteiger partial charge in [0.25, 0.3) is 0 Å². The van der Waals surface area contributed by atoms with Gasteiger partial charge in [0.2, 0.25) is 0 Å². The SMILES string of the molecule is CNC(CCc1ccncc1)Cc1ccccc1C.